The standard InChI is InChI=1S/C59H98O8/c1-6-10-12-14-16-18-20-22-24-26-28-30-32-34-36-40-44-62-47-52(66-57(60)8-3)49-64-56-46-51(5)59(55-43-39-38-42-54(55)56)65-50-53(67-58(61)9-4)48-63-45-41-37-35-33-31-29-27-25-23-21-19-17-15-13-11-7-2/h8-9,38-39,42-43,46,52-53H,3-4,6-7,10-37,40-41,44-45,47-50H2,1-2,5H3. The zero-order valence-electron chi connectivity index (χ0n) is 43.2. The summed E-state index contributed by atoms with van der Waals surface area (Å²) in [5, 5.41) is 1.71. The second-order valence-corrected chi connectivity index (χ2v) is 19.0. The van der Waals surface area contributed by atoms with Crippen LogP contribution in [0.4, 0.5) is 0 Å². The lowest BCUT2D eigenvalue weighted by molar-refractivity contribution is -0.148. The van der Waals surface area contributed by atoms with Gasteiger partial charge in [-0.05, 0) is 31.4 Å². The fraction of sp³-hybridized carbons (Fsp3) is 0.729. The van der Waals surface area contributed by atoms with Gasteiger partial charge in [0, 0.05) is 36.1 Å². The zero-order chi connectivity index (χ0) is 48.3. The summed E-state index contributed by atoms with van der Waals surface area (Å²) in [6.45, 7) is 15.6. The number of carbonyl (C=O) groups excluding carboxylic acids is 2. The summed E-state index contributed by atoms with van der Waals surface area (Å²) in [6, 6.07) is 9.80. The zero-order valence-corrected chi connectivity index (χ0v) is 43.2. The van der Waals surface area contributed by atoms with Gasteiger partial charge in [-0.3, -0.25) is 0 Å². The van der Waals surface area contributed by atoms with Gasteiger partial charge in [0.1, 0.15) is 24.7 Å². The van der Waals surface area contributed by atoms with Crippen molar-refractivity contribution in [3.63, 3.8) is 0 Å². The molecule has 0 spiro atoms. The molecular formula is C59H98O8. The molecule has 0 radical (unpaired) electrons. The molecule has 8 nitrogen and oxygen atoms in total. The minimum Gasteiger partial charge on any atom is -0.489 e. The van der Waals surface area contributed by atoms with Gasteiger partial charge in [0.05, 0.1) is 13.2 Å². The molecule has 2 rings (SSSR count). The van der Waals surface area contributed by atoms with E-state index in [1.165, 1.54) is 192 Å². The van der Waals surface area contributed by atoms with Crippen molar-refractivity contribution in [3.05, 3.63) is 61.2 Å². The average molecular weight is 935 g/mol. The van der Waals surface area contributed by atoms with Gasteiger partial charge in [-0.2, -0.15) is 0 Å². The van der Waals surface area contributed by atoms with Gasteiger partial charge in [0.25, 0.3) is 0 Å². The van der Waals surface area contributed by atoms with Crippen molar-refractivity contribution in [2.24, 2.45) is 0 Å². The first kappa shape index (κ1) is 59.8. The van der Waals surface area contributed by atoms with Crippen molar-refractivity contribution in [1.29, 1.82) is 0 Å². The maximum Gasteiger partial charge on any atom is 0.330 e. The molecule has 0 heterocycles. The van der Waals surface area contributed by atoms with Crippen LogP contribution in [-0.2, 0) is 28.5 Å². The molecule has 2 aromatic rings. The Hall–Kier alpha value is -3.36. The molecule has 0 amide bonds. The molecule has 0 N–H and O–H groups in total. The molecule has 0 saturated heterocycles. The Morgan fingerprint density at radius 3 is 1.15 bits per heavy atom. The van der Waals surface area contributed by atoms with Crippen LogP contribution < -0.4 is 9.47 Å². The predicted molar refractivity (Wildman–Crippen MR) is 281 cm³/mol. The number of hydrogen-bond acceptors (Lipinski definition) is 8. The van der Waals surface area contributed by atoms with E-state index in [1.54, 1.807) is 0 Å². The lowest BCUT2D eigenvalue weighted by Gasteiger charge is -2.22. The first-order valence-electron chi connectivity index (χ1n) is 27.5. The number of ether oxygens (including phenoxy) is 6. The summed E-state index contributed by atoms with van der Waals surface area (Å²) < 4.78 is 36.0. The van der Waals surface area contributed by atoms with Crippen LogP contribution in [0.3, 0.4) is 0 Å². The van der Waals surface area contributed by atoms with Gasteiger partial charge in [-0.1, -0.05) is 244 Å². The van der Waals surface area contributed by atoms with Crippen LogP contribution >= 0.6 is 0 Å². The largest absolute Gasteiger partial charge is 0.489 e. The van der Waals surface area contributed by atoms with Crippen molar-refractivity contribution >= 4 is 22.7 Å². The van der Waals surface area contributed by atoms with E-state index in [0.29, 0.717) is 24.7 Å². The fourth-order valence-corrected chi connectivity index (χ4v) is 8.71. The first-order valence-corrected chi connectivity index (χ1v) is 27.5. The molecule has 0 saturated carbocycles. The summed E-state index contributed by atoms with van der Waals surface area (Å²) in [5.74, 6) is 0.308. The van der Waals surface area contributed by atoms with Crippen molar-refractivity contribution in [2.75, 3.05) is 39.6 Å². The topological polar surface area (TPSA) is 89.5 Å². The molecule has 2 unspecified atom stereocenters. The van der Waals surface area contributed by atoms with Crippen LogP contribution in [-0.4, -0.2) is 63.8 Å². The Kier molecular flexibility index (Phi) is 38.1. The number of hydrogen-bond donors (Lipinski definition) is 0. The number of carbonyl (C=O) groups is 2. The highest BCUT2D eigenvalue weighted by Gasteiger charge is 2.20. The monoisotopic (exact) mass is 935 g/mol. The van der Waals surface area contributed by atoms with Crippen molar-refractivity contribution in [2.45, 2.75) is 238 Å². The summed E-state index contributed by atoms with van der Waals surface area (Å²) >= 11 is 0. The number of esters is 2. The minimum absolute atomic E-state index is 0.124. The summed E-state index contributed by atoms with van der Waals surface area (Å²) in [6.07, 6.45) is 43.5. The molecule has 0 aliphatic rings. The van der Waals surface area contributed by atoms with Gasteiger partial charge >= 0.3 is 11.9 Å². The van der Waals surface area contributed by atoms with Gasteiger partial charge in [-0.15, -0.1) is 0 Å². The number of aryl methyl sites for hydroxylation is 1. The smallest absolute Gasteiger partial charge is 0.330 e. The van der Waals surface area contributed by atoms with Gasteiger partial charge in [0.2, 0.25) is 0 Å². The van der Waals surface area contributed by atoms with Crippen molar-refractivity contribution in [1.82, 2.24) is 0 Å². The van der Waals surface area contributed by atoms with Crippen LogP contribution in [0.15, 0.2) is 55.6 Å². The summed E-state index contributed by atoms with van der Waals surface area (Å²) in [4.78, 5) is 24.5. The van der Waals surface area contributed by atoms with E-state index in [1.807, 2.05) is 37.3 Å². The Morgan fingerprint density at radius 2 is 0.791 bits per heavy atom. The van der Waals surface area contributed by atoms with E-state index < -0.39 is 24.1 Å². The number of benzene rings is 2. The SMILES string of the molecule is C=CC(=O)OC(COCCCCCCCCCCCCCCCCCC)COc1cc(C)c(OCC(COCCCCCCCCCCCCCCCCCC)OC(=O)C=C)c2ccccc12. The molecule has 0 bridgehead atoms. The lowest BCUT2D eigenvalue weighted by Crippen LogP contribution is -2.30. The molecule has 2 aromatic carbocycles. The van der Waals surface area contributed by atoms with Crippen LogP contribution in [0.2, 0.25) is 0 Å². The Bertz CT molecular complexity index is 1520. The van der Waals surface area contributed by atoms with Crippen molar-refractivity contribution in [3.8, 4) is 11.5 Å². The van der Waals surface area contributed by atoms with Crippen LogP contribution in [0.25, 0.3) is 10.8 Å². The van der Waals surface area contributed by atoms with E-state index in [0.717, 1.165) is 42.0 Å². The maximum absolute atomic E-state index is 12.3. The minimum atomic E-state index is -0.597. The van der Waals surface area contributed by atoms with Crippen molar-refractivity contribution < 1.29 is 38.0 Å². The van der Waals surface area contributed by atoms with E-state index in [4.69, 9.17) is 28.4 Å². The molecular weight excluding hydrogens is 837 g/mol. The molecule has 0 aliphatic carbocycles. The average Bonchev–Trinajstić information content (AvgIpc) is 3.34. The maximum atomic E-state index is 12.3. The fourth-order valence-electron chi connectivity index (χ4n) is 8.71. The van der Waals surface area contributed by atoms with E-state index >= 15 is 0 Å². The molecule has 0 aromatic heterocycles. The Labute approximate surface area is 410 Å². The lowest BCUT2D eigenvalue weighted by atomic mass is 10.0. The quantitative estimate of drug-likeness (QED) is 0.0368. The normalized spacial score (nSPS) is 12.2. The molecule has 67 heavy (non-hydrogen) atoms. The molecule has 0 fully saturated rings. The van der Waals surface area contributed by atoms with E-state index in [-0.39, 0.29) is 26.4 Å². The Morgan fingerprint density at radius 1 is 0.463 bits per heavy atom. The van der Waals surface area contributed by atoms with E-state index in [9.17, 15) is 9.59 Å². The third kappa shape index (κ3) is 31.4. The van der Waals surface area contributed by atoms with Crippen LogP contribution in [0, 0.1) is 6.92 Å². The predicted octanol–water partition coefficient (Wildman–Crippen LogP) is 16.7. The highest BCUT2D eigenvalue weighted by Crippen LogP contribution is 2.37. The molecule has 0 aliphatic heterocycles. The highest BCUT2D eigenvalue weighted by atomic mass is 16.6. The summed E-state index contributed by atoms with van der Waals surface area (Å²) in [5.41, 5.74) is 0.857. The third-order valence-corrected chi connectivity index (χ3v) is 12.8. The second-order valence-electron chi connectivity index (χ2n) is 19.0. The van der Waals surface area contributed by atoms with Gasteiger partial charge in [0.15, 0.2) is 12.2 Å². The summed E-state index contributed by atoms with van der Waals surface area (Å²) in [7, 11) is 0. The Balaban J connectivity index is 1.72. The number of rotatable bonds is 48. The van der Waals surface area contributed by atoms with Crippen LogP contribution in [0.1, 0.15) is 225 Å². The van der Waals surface area contributed by atoms with Crippen LogP contribution in [0.5, 0.6) is 11.5 Å². The molecule has 2 atom stereocenters. The molecule has 8 heteroatoms. The third-order valence-electron chi connectivity index (χ3n) is 12.8. The first-order chi connectivity index (χ1) is 32.9. The van der Waals surface area contributed by atoms with E-state index in [2.05, 4.69) is 27.0 Å². The molecule has 382 valence electrons. The number of fused-ring (bicyclic) bond motifs is 1. The number of unbranched alkanes of at least 4 members (excludes halogenated alkanes) is 30. The van der Waals surface area contributed by atoms with Gasteiger partial charge < -0.3 is 28.4 Å². The van der Waals surface area contributed by atoms with Gasteiger partial charge in [-0.25, -0.2) is 9.59 Å². The highest BCUT2D eigenvalue weighted by molar-refractivity contribution is 5.94. The second kappa shape index (κ2) is 42.7.